The molecule has 19 heavy (non-hydrogen) atoms. The van der Waals surface area contributed by atoms with Crippen LogP contribution in [0.15, 0.2) is 36.4 Å². The van der Waals surface area contributed by atoms with Crippen LogP contribution in [0.3, 0.4) is 0 Å². The first-order valence-corrected chi connectivity index (χ1v) is 6.35. The number of rotatable bonds is 2. The second-order valence-electron chi connectivity index (χ2n) is 4.84. The number of hydrogen-bond donors (Lipinski definition) is 0. The monoisotopic (exact) mass is 250 g/mol. The lowest BCUT2D eigenvalue weighted by atomic mass is 10.1. The largest absolute Gasteiger partial charge is 0.336 e. The predicted molar refractivity (Wildman–Crippen MR) is 74.1 cm³/mol. The maximum absolute atomic E-state index is 11.8. The number of fused-ring (bicyclic) bond motifs is 1. The van der Waals surface area contributed by atoms with Gasteiger partial charge in [-0.3, -0.25) is 9.78 Å². The Morgan fingerprint density at radius 1 is 1.32 bits per heavy atom. The van der Waals surface area contributed by atoms with E-state index in [0.29, 0.717) is 19.5 Å². The average Bonchev–Trinajstić information content (AvgIpc) is 2.79. The molecule has 2 aromatic rings. The molecule has 1 aliphatic rings. The third-order valence-corrected chi connectivity index (χ3v) is 3.46. The lowest BCUT2D eigenvalue weighted by Crippen LogP contribution is -2.24. The van der Waals surface area contributed by atoms with Gasteiger partial charge in [-0.1, -0.05) is 24.3 Å². The first-order chi connectivity index (χ1) is 9.26. The number of likely N-dealkylation sites (tertiary alicyclic amines) is 1. The fraction of sp³-hybridized carbons (Fsp3) is 0.250. The summed E-state index contributed by atoms with van der Waals surface area (Å²) in [6.07, 6.45) is 5.84. The SMILES string of the molecule is C#CC1CC(=O)N(Cc2ccc3ccccc3n2)C1. The lowest BCUT2D eigenvalue weighted by Gasteiger charge is -2.15. The number of terminal acetylenes is 1. The summed E-state index contributed by atoms with van der Waals surface area (Å²) in [5.41, 5.74) is 1.87. The van der Waals surface area contributed by atoms with Gasteiger partial charge >= 0.3 is 0 Å². The van der Waals surface area contributed by atoms with E-state index in [1.807, 2.05) is 36.4 Å². The molecule has 1 fully saturated rings. The summed E-state index contributed by atoms with van der Waals surface area (Å²) in [7, 11) is 0. The summed E-state index contributed by atoms with van der Waals surface area (Å²) in [6, 6.07) is 12.0. The number of amides is 1. The zero-order valence-corrected chi connectivity index (χ0v) is 10.5. The highest BCUT2D eigenvalue weighted by Crippen LogP contribution is 2.20. The molecule has 0 spiro atoms. The summed E-state index contributed by atoms with van der Waals surface area (Å²) in [4.78, 5) is 18.2. The molecular formula is C16H14N2O. The fourth-order valence-corrected chi connectivity index (χ4v) is 2.43. The molecule has 3 heteroatoms. The van der Waals surface area contributed by atoms with Crippen LogP contribution in [-0.2, 0) is 11.3 Å². The highest BCUT2D eigenvalue weighted by molar-refractivity contribution is 5.80. The standard InChI is InChI=1S/C16H14N2O/c1-2-12-9-16(19)18(10-12)11-14-8-7-13-5-3-4-6-15(13)17-14/h1,3-8,12H,9-11H2. The zero-order chi connectivity index (χ0) is 13.2. The molecule has 0 radical (unpaired) electrons. The molecule has 0 aliphatic carbocycles. The Kier molecular flexibility index (Phi) is 2.92. The lowest BCUT2D eigenvalue weighted by molar-refractivity contribution is -0.128. The van der Waals surface area contributed by atoms with Crippen LogP contribution < -0.4 is 0 Å². The van der Waals surface area contributed by atoms with Crippen LogP contribution >= 0.6 is 0 Å². The normalized spacial score (nSPS) is 18.8. The summed E-state index contributed by atoms with van der Waals surface area (Å²) < 4.78 is 0. The molecule has 1 aromatic carbocycles. The average molecular weight is 250 g/mol. The molecule has 3 nitrogen and oxygen atoms in total. The topological polar surface area (TPSA) is 33.2 Å². The van der Waals surface area contributed by atoms with Crippen LogP contribution in [0.5, 0.6) is 0 Å². The van der Waals surface area contributed by atoms with Crippen molar-refractivity contribution in [2.24, 2.45) is 5.92 Å². The Morgan fingerprint density at radius 3 is 2.95 bits per heavy atom. The minimum absolute atomic E-state index is 0.0490. The second-order valence-corrected chi connectivity index (χ2v) is 4.84. The second kappa shape index (κ2) is 4.74. The predicted octanol–water partition coefficient (Wildman–Crippen LogP) is 2.22. The quantitative estimate of drug-likeness (QED) is 0.766. The number of para-hydroxylation sites is 1. The van der Waals surface area contributed by atoms with Crippen molar-refractivity contribution >= 4 is 16.8 Å². The molecule has 1 atom stereocenters. The van der Waals surface area contributed by atoms with Gasteiger partial charge < -0.3 is 4.90 Å². The third-order valence-electron chi connectivity index (χ3n) is 3.46. The van der Waals surface area contributed by atoms with Gasteiger partial charge in [-0.2, -0.15) is 0 Å². The number of carbonyl (C=O) groups excluding carboxylic acids is 1. The van der Waals surface area contributed by atoms with E-state index in [9.17, 15) is 4.79 Å². The Labute approximate surface area is 112 Å². The zero-order valence-electron chi connectivity index (χ0n) is 10.5. The first-order valence-electron chi connectivity index (χ1n) is 6.35. The van der Waals surface area contributed by atoms with E-state index in [0.717, 1.165) is 16.6 Å². The molecule has 0 saturated carbocycles. The van der Waals surface area contributed by atoms with Gasteiger partial charge in [0.15, 0.2) is 0 Å². The van der Waals surface area contributed by atoms with Crippen LogP contribution in [0.4, 0.5) is 0 Å². The minimum atomic E-state index is 0.0490. The van der Waals surface area contributed by atoms with Crippen LogP contribution in [-0.4, -0.2) is 22.3 Å². The smallest absolute Gasteiger partial charge is 0.224 e. The van der Waals surface area contributed by atoms with Gasteiger partial charge in [0.25, 0.3) is 0 Å². The van der Waals surface area contributed by atoms with Crippen LogP contribution in [0, 0.1) is 18.3 Å². The van der Waals surface area contributed by atoms with Gasteiger partial charge in [0.1, 0.15) is 0 Å². The number of aromatic nitrogens is 1. The third kappa shape index (κ3) is 2.30. The number of hydrogen-bond acceptors (Lipinski definition) is 2. The van der Waals surface area contributed by atoms with Crippen LogP contribution in [0.25, 0.3) is 10.9 Å². The van der Waals surface area contributed by atoms with Crippen molar-refractivity contribution in [2.75, 3.05) is 6.54 Å². The maximum Gasteiger partial charge on any atom is 0.224 e. The van der Waals surface area contributed by atoms with E-state index >= 15 is 0 Å². The van der Waals surface area contributed by atoms with E-state index < -0.39 is 0 Å². The summed E-state index contributed by atoms with van der Waals surface area (Å²) in [5, 5.41) is 1.11. The van der Waals surface area contributed by atoms with Crippen molar-refractivity contribution in [3.05, 3.63) is 42.1 Å². The Balaban J connectivity index is 1.82. The molecule has 3 rings (SSSR count). The molecule has 0 bridgehead atoms. The molecule has 1 unspecified atom stereocenters. The van der Waals surface area contributed by atoms with Gasteiger partial charge in [0.2, 0.25) is 5.91 Å². The Bertz CT molecular complexity index is 672. The van der Waals surface area contributed by atoms with E-state index in [2.05, 4.69) is 10.9 Å². The number of pyridine rings is 1. The number of carbonyl (C=O) groups is 1. The number of nitrogens with zero attached hydrogens (tertiary/aromatic N) is 2. The summed E-state index contributed by atoms with van der Waals surface area (Å²) in [6.45, 7) is 1.19. The molecule has 2 heterocycles. The molecule has 1 aliphatic heterocycles. The van der Waals surface area contributed by atoms with E-state index in [-0.39, 0.29) is 11.8 Å². The van der Waals surface area contributed by atoms with Crippen molar-refractivity contribution in [3.8, 4) is 12.3 Å². The summed E-state index contributed by atoms with van der Waals surface area (Å²) >= 11 is 0. The van der Waals surface area contributed by atoms with Crippen molar-refractivity contribution in [3.63, 3.8) is 0 Å². The van der Waals surface area contributed by atoms with Crippen molar-refractivity contribution in [1.29, 1.82) is 0 Å². The molecule has 1 saturated heterocycles. The molecular weight excluding hydrogens is 236 g/mol. The molecule has 94 valence electrons. The van der Waals surface area contributed by atoms with Crippen molar-refractivity contribution in [1.82, 2.24) is 9.88 Å². The highest BCUT2D eigenvalue weighted by atomic mass is 16.2. The molecule has 1 aromatic heterocycles. The van der Waals surface area contributed by atoms with Gasteiger partial charge in [-0.25, -0.2) is 0 Å². The molecule has 1 amide bonds. The van der Waals surface area contributed by atoms with Crippen molar-refractivity contribution < 1.29 is 4.79 Å². The highest BCUT2D eigenvalue weighted by Gasteiger charge is 2.28. The van der Waals surface area contributed by atoms with Crippen molar-refractivity contribution in [2.45, 2.75) is 13.0 Å². The molecule has 0 N–H and O–H groups in total. The first kappa shape index (κ1) is 11.7. The van der Waals surface area contributed by atoms with E-state index in [1.165, 1.54) is 0 Å². The Morgan fingerprint density at radius 2 is 2.16 bits per heavy atom. The van der Waals surface area contributed by atoms with Gasteiger partial charge in [0.05, 0.1) is 17.8 Å². The van der Waals surface area contributed by atoms with Crippen LogP contribution in [0.2, 0.25) is 0 Å². The maximum atomic E-state index is 11.8. The van der Waals surface area contributed by atoms with E-state index in [4.69, 9.17) is 6.42 Å². The van der Waals surface area contributed by atoms with Gasteiger partial charge in [-0.05, 0) is 12.1 Å². The fourth-order valence-electron chi connectivity index (χ4n) is 2.43. The van der Waals surface area contributed by atoms with Gasteiger partial charge in [0, 0.05) is 24.3 Å². The van der Waals surface area contributed by atoms with Crippen LogP contribution in [0.1, 0.15) is 12.1 Å². The minimum Gasteiger partial charge on any atom is -0.336 e. The number of benzene rings is 1. The Hall–Kier alpha value is -2.34. The van der Waals surface area contributed by atoms with E-state index in [1.54, 1.807) is 4.90 Å². The van der Waals surface area contributed by atoms with Gasteiger partial charge in [-0.15, -0.1) is 12.3 Å². The summed E-state index contributed by atoms with van der Waals surface area (Å²) in [5.74, 6) is 2.83.